The van der Waals surface area contributed by atoms with Crippen molar-refractivity contribution in [2.24, 2.45) is 5.92 Å². The molecule has 2 heterocycles. The number of fused-ring (bicyclic) bond motifs is 2. The first-order valence-electron chi connectivity index (χ1n) is 3.78. The van der Waals surface area contributed by atoms with Crippen LogP contribution in [0.5, 0.6) is 0 Å². The van der Waals surface area contributed by atoms with Crippen molar-refractivity contribution in [3.05, 3.63) is 12.2 Å². The van der Waals surface area contributed by atoms with Gasteiger partial charge in [-0.15, -0.1) is 0 Å². The maximum atomic E-state index is 11.2. The Bertz CT molecular complexity index is 209. The second-order valence-electron chi connectivity index (χ2n) is 2.98. The third kappa shape index (κ3) is 1.01. The highest BCUT2D eigenvalue weighted by Gasteiger charge is 2.38. The summed E-state index contributed by atoms with van der Waals surface area (Å²) in [6, 6.07) is 0. The Morgan fingerprint density at radius 1 is 1.64 bits per heavy atom. The molecule has 11 heavy (non-hydrogen) atoms. The molecule has 1 N–H and O–H groups in total. The molecule has 60 valence electrons. The monoisotopic (exact) mass is 154 g/mol. The molecule has 0 spiro atoms. The minimum Gasteiger partial charge on any atom is -0.396 e. The molecule has 0 aromatic carbocycles. The first-order chi connectivity index (χ1) is 5.31. The van der Waals surface area contributed by atoms with E-state index in [9.17, 15) is 4.79 Å². The Morgan fingerprint density at radius 3 is 3.18 bits per heavy atom. The van der Waals surface area contributed by atoms with Crippen LogP contribution in [0.2, 0.25) is 0 Å². The number of ether oxygens (including phenoxy) is 1. The van der Waals surface area contributed by atoms with E-state index in [4.69, 9.17) is 9.84 Å². The second kappa shape index (κ2) is 2.43. The SMILES string of the molecule is O=C1C[C@H]2C=C[C@H](O2)[C@@H]1CO. The Kier molecular flexibility index (Phi) is 1.55. The van der Waals surface area contributed by atoms with Gasteiger partial charge in [-0.25, -0.2) is 0 Å². The summed E-state index contributed by atoms with van der Waals surface area (Å²) >= 11 is 0. The molecule has 0 aromatic heterocycles. The lowest BCUT2D eigenvalue weighted by Gasteiger charge is -2.26. The number of aliphatic hydroxyl groups excluding tert-OH is 1. The third-order valence-electron chi connectivity index (χ3n) is 2.26. The molecule has 0 unspecified atom stereocenters. The smallest absolute Gasteiger partial charge is 0.144 e. The van der Waals surface area contributed by atoms with Crippen molar-refractivity contribution in [2.75, 3.05) is 6.61 Å². The molecule has 0 saturated carbocycles. The van der Waals surface area contributed by atoms with Crippen molar-refractivity contribution in [2.45, 2.75) is 18.6 Å². The average molecular weight is 154 g/mol. The zero-order valence-electron chi connectivity index (χ0n) is 6.06. The largest absolute Gasteiger partial charge is 0.396 e. The van der Waals surface area contributed by atoms with Crippen LogP contribution in [0.3, 0.4) is 0 Å². The number of Topliss-reactive ketones (excluding diaryl/α,β-unsaturated/α-hetero) is 1. The van der Waals surface area contributed by atoms with Gasteiger partial charge in [-0.1, -0.05) is 12.2 Å². The summed E-state index contributed by atoms with van der Waals surface area (Å²) in [5.74, 6) is -0.191. The van der Waals surface area contributed by atoms with Crippen LogP contribution in [0.1, 0.15) is 6.42 Å². The summed E-state index contributed by atoms with van der Waals surface area (Å²) in [6.45, 7) is -0.0967. The lowest BCUT2D eigenvalue weighted by Crippen LogP contribution is -2.38. The molecule has 1 fully saturated rings. The molecule has 3 nitrogen and oxygen atoms in total. The van der Waals surface area contributed by atoms with Crippen molar-refractivity contribution in [1.82, 2.24) is 0 Å². The first kappa shape index (κ1) is 7.00. The minimum atomic E-state index is -0.315. The van der Waals surface area contributed by atoms with Gasteiger partial charge in [0.15, 0.2) is 0 Å². The van der Waals surface area contributed by atoms with Crippen LogP contribution in [0.25, 0.3) is 0 Å². The molecule has 2 bridgehead atoms. The Morgan fingerprint density at radius 2 is 2.45 bits per heavy atom. The zero-order chi connectivity index (χ0) is 7.84. The number of carbonyl (C=O) groups is 1. The third-order valence-corrected chi connectivity index (χ3v) is 2.26. The van der Waals surface area contributed by atoms with Crippen LogP contribution in [-0.2, 0) is 9.53 Å². The minimum absolute atomic E-state index is 0.0182. The zero-order valence-corrected chi connectivity index (χ0v) is 6.06. The van der Waals surface area contributed by atoms with Crippen molar-refractivity contribution in [3.8, 4) is 0 Å². The van der Waals surface area contributed by atoms with Crippen molar-refractivity contribution in [3.63, 3.8) is 0 Å². The number of rotatable bonds is 1. The topological polar surface area (TPSA) is 46.5 Å². The van der Waals surface area contributed by atoms with E-state index in [0.29, 0.717) is 6.42 Å². The van der Waals surface area contributed by atoms with Crippen molar-refractivity contribution >= 4 is 5.78 Å². The van der Waals surface area contributed by atoms with Gasteiger partial charge >= 0.3 is 0 Å². The highest BCUT2D eigenvalue weighted by molar-refractivity contribution is 5.84. The summed E-state index contributed by atoms with van der Waals surface area (Å²) in [5, 5.41) is 8.85. The number of aliphatic hydroxyl groups is 1. The fraction of sp³-hybridized carbons (Fsp3) is 0.625. The predicted octanol–water partition coefficient (Wildman–Crippen LogP) is -0.109. The van der Waals surface area contributed by atoms with Gasteiger partial charge in [0.2, 0.25) is 0 Å². The van der Waals surface area contributed by atoms with E-state index in [1.165, 1.54) is 0 Å². The van der Waals surface area contributed by atoms with E-state index < -0.39 is 0 Å². The number of hydrogen-bond donors (Lipinski definition) is 1. The van der Waals surface area contributed by atoms with E-state index in [1.807, 2.05) is 12.2 Å². The fourth-order valence-electron chi connectivity index (χ4n) is 1.61. The molecule has 3 heteroatoms. The van der Waals surface area contributed by atoms with E-state index >= 15 is 0 Å². The van der Waals surface area contributed by atoms with E-state index in [2.05, 4.69) is 0 Å². The normalized spacial score (nSPS) is 41.5. The van der Waals surface area contributed by atoms with Crippen LogP contribution >= 0.6 is 0 Å². The van der Waals surface area contributed by atoms with E-state index in [-0.39, 0.29) is 30.5 Å². The standard InChI is InChI=1S/C8H10O3/c9-4-6-7(10)3-5-1-2-8(6)11-5/h1-2,5-6,8-9H,3-4H2/t5-,6-,8+/m1/s1. The highest BCUT2D eigenvalue weighted by atomic mass is 16.5. The molecule has 2 aliphatic heterocycles. The summed E-state index contributed by atoms with van der Waals surface area (Å²) in [4.78, 5) is 11.2. The van der Waals surface area contributed by atoms with Gasteiger partial charge in [0.05, 0.1) is 24.7 Å². The van der Waals surface area contributed by atoms with E-state index in [1.54, 1.807) is 0 Å². The second-order valence-corrected chi connectivity index (χ2v) is 2.98. The summed E-state index contributed by atoms with van der Waals surface area (Å²) in [5.41, 5.74) is 0. The lowest BCUT2D eigenvalue weighted by atomic mass is 9.95. The van der Waals surface area contributed by atoms with Crippen LogP contribution in [0.4, 0.5) is 0 Å². The van der Waals surface area contributed by atoms with Crippen molar-refractivity contribution < 1.29 is 14.6 Å². The Hall–Kier alpha value is -0.670. The van der Waals surface area contributed by atoms with Gasteiger partial charge in [-0.3, -0.25) is 4.79 Å². The van der Waals surface area contributed by atoms with Gasteiger partial charge in [-0.2, -0.15) is 0 Å². The van der Waals surface area contributed by atoms with Gasteiger partial charge in [-0.05, 0) is 0 Å². The molecule has 1 saturated heterocycles. The van der Waals surface area contributed by atoms with E-state index in [0.717, 1.165) is 0 Å². The molecular formula is C8H10O3. The number of ketones is 1. The maximum absolute atomic E-state index is 11.2. The quantitative estimate of drug-likeness (QED) is 0.536. The molecule has 0 radical (unpaired) electrons. The molecular weight excluding hydrogens is 144 g/mol. The maximum Gasteiger partial charge on any atom is 0.144 e. The summed E-state index contributed by atoms with van der Waals surface area (Å²) in [6.07, 6.45) is 4.02. The van der Waals surface area contributed by atoms with Gasteiger partial charge in [0.1, 0.15) is 5.78 Å². The molecule has 0 aromatic rings. The van der Waals surface area contributed by atoms with Crippen molar-refractivity contribution in [1.29, 1.82) is 0 Å². The number of hydrogen-bond acceptors (Lipinski definition) is 3. The molecule has 3 atom stereocenters. The highest BCUT2D eigenvalue weighted by Crippen LogP contribution is 2.28. The van der Waals surface area contributed by atoms with Crippen LogP contribution in [-0.4, -0.2) is 29.7 Å². The molecule has 2 rings (SSSR count). The predicted molar refractivity (Wildman–Crippen MR) is 38.0 cm³/mol. The van der Waals surface area contributed by atoms with Crippen LogP contribution in [0, 0.1) is 5.92 Å². The van der Waals surface area contributed by atoms with Gasteiger partial charge in [0.25, 0.3) is 0 Å². The molecule has 2 aliphatic rings. The number of carbonyl (C=O) groups excluding carboxylic acids is 1. The fourth-order valence-corrected chi connectivity index (χ4v) is 1.61. The first-order valence-corrected chi connectivity index (χ1v) is 3.78. The summed E-state index contributed by atoms with van der Waals surface area (Å²) in [7, 11) is 0. The summed E-state index contributed by atoms with van der Waals surface area (Å²) < 4.78 is 5.38. The van der Waals surface area contributed by atoms with Crippen LogP contribution in [0.15, 0.2) is 12.2 Å². The molecule has 0 aliphatic carbocycles. The van der Waals surface area contributed by atoms with Crippen LogP contribution < -0.4 is 0 Å². The lowest BCUT2D eigenvalue weighted by molar-refractivity contribution is -0.138. The average Bonchev–Trinajstić information content (AvgIpc) is 2.34. The Labute approximate surface area is 64.7 Å². The van der Waals surface area contributed by atoms with Gasteiger partial charge < -0.3 is 9.84 Å². The van der Waals surface area contributed by atoms with Gasteiger partial charge in [0, 0.05) is 6.42 Å². The molecule has 0 amide bonds. The Balaban J connectivity index is 2.19.